The second-order valence-electron chi connectivity index (χ2n) is 6.22. The second-order valence-corrected chi connectivity index (χ2v) is 6.22. The van der Waals surface area contributed by atoms with Crippen LogP contribution in [-0.2, 0) is 5.54 Å². The van der Waals surface area contributed by atoms with Gasteiger partial charge in [0.15, 0.2) is 5.82 Å². The first-order valence-electron chi connectivity index (χ1n) is 7.38. The fraction of sp³-hybridized carbons (Fsp3) is 0.500. The highest BCUT2D eigenvalue weighted by Crippen LogP contribution is 2.37. The standard InChI is InChI=1S/C16H20FN3O/c1-10-5-4-8-16(18,9-10)15-19-14(21-20-15)12-7-3-6-11(2)13(12)17/h3,6-7,10H,4-5,8-9,18H2,1-2H3. The van der Waals surface area contributed by atoms with Gasteiger partial charge in [0.2, 0.25) is 0 Å². The highest BCUT2D eigenvalue weighted by molar-refractivity contribution is 5.55. The maximum absolute atomic E-state index is 14.1. The molecule has 0 aliphatic heterocycles. The van der Waals surface area contributed by atoms with E-state index < -0.39 is 5.54 Å². The van der Waals surface area contributed by atoms with Gasteiger partial charge in [0, 0.05) is 0 Å². The Morgan fingerprint density at radius 1 is 1.43 bits per heavy atom. The van der Waals surface area contributed by atoms with E-state index in [1.165, 1.54) is 6.42 Å². The number of aryl methyl sites for hydroxylation is 1. The first-order valence-corrected chi connectivity index (χ1v) is 7.38. The second kappa shape index (κ2) is 5.22. The summed E-state index contributed by atoms with van der Waals surface area (Å²) in [7, 11) is 0. The summed E-state index contributed by atoms with van der Waals surface area (Å²) in [5, 5.41) is 4.02. The van der Waals surface area contributed by atoms with Crippen molar-refractivity contribution in [1.29, 1.82) is 0 Å². The summed E-state index contributed by atoms with van der Waals surface area (Å²) < 4.78 is 19.4. The number of halogens is 1. The molecule has 1 saturated carbocycles. The van der Waals surface area contributed by atoms with Crippen molar-refractivity contribution >= 4 is 0 Å². The van der Waals surface area contributed by atoms with Gasteiger partial charge in [-0.25, -0.2) is 4.39 Å². The Bertz CT molecular complexity index is 655. The summed E-state index contributed by atoms with van der Waals surface area (Å²) >= 11 is 0. The lowest BCUT2D eigenvalue weighted by Crippen LogP contribution is -2.42. The molecular weight excluding hydrogens is 269 g/mol. The number of benzene rings is 1. The Balaban J connectivity index is 1.95. The predicted molar refractivity (Wildman–Crippen MR) is 77.9 cm³/mol. The molecule has 2 atom stereocenters. The zero-order valence-corrected chi connectivity index (χ0v) is 12.4. The van der Waals surface area contributed by atoms with Crippen LogP contribution in [0.2, 0.25) is 0 Å². The monoisotopic (exact) mass is 289 g/mol. The topological polar surface area (TPSA) is 64.9 Å². The van der Waals surface area contributed by atoms with Gasteiger partial charge in [-0.05, 0) is 37.3 Å². The van der Waals surface area contributed by atoms with Crippen LogP contribution in [0.5, 0.6) is 0 Å². The van der Waals surface area contributed by atoms with Crippen LogP contribution in [0.15, 0.2) is 22.7 Å². The van der Waals surface area contributed by atoms with Crippen molar-refractivity contribution in [3.63, 3.8) is 0 Å². The molecule has 1 aromatic heterocycles. The lowest BCUT2D eigenvalue weighted by molar-refractivity contribution is 0.222. The van der Waals surface area contributed by atoms with Crippen LogP contribution < -0.4 is 5.73 Å². The summed E-state index contributed by atoms with van der Waals surface area (Å²) in [5.41, 5.74) is 6.79. The van der Waals surface area contributed by atoms with Gasteiger partial charge < -0.3 is 10.3 Å². The van der Waals surface area contributed by atoms with Crippen LogP contribution in [0.1, 0.15) is 44.0 Å². The number of nitrogens with zero attached hydrogens (tertiary/aromatic N) is 2. The Morgan fingerprint density at radius 2 is 2.24 bits per heavy atom. The number of aromatic nitrogens is 2. The van der Waals surface area contributed by atoms with Crippen LogP contribution in [0.3, 0.4) is 0 Å². The molecule has 1 aliphatic carbocycles. The van der Waals surface area contributed by atoms with Crippen LogP contribution >= 0.6 is 0 Å². The SMILES string of the molecule is Cc1cccc(-c2nc(C3(N)CCCC(C)C3)no2)c1F. The quantitative estimate of drug-likeness (QED) is 0.918. The molecule has 112 valence electrons. The minimum Gasteiger partial charge on any atom is -0.334 e. The van der Waals surface area contributed by atoms with E-state index in [1.807, 2.05) is 0 Å². The van der Waals surface area contributed by atoms with E-state index >= 15 is 0 Å². The lowest BCUT2D eigenvalue weighted by Gasteiger charge is -2.33. The van der Waals surface area contributed by atoms with Crippen molar-refractivity contribution < 1.29 is 8.91 Å². The van der Waals surface area contributed by atoms with Crippen LogP contribution in [0.4, 0.5) is 4.39 Å². The number of rotatable bonds is 2. The number of nitrogens with two attached hydrogens (primary N) is 1. The fourth-order valence-corrected chi connectivity index (χ4v) is 3.14. The summed E-state index contributed by atoms with van der Waals surface area (Å²) in [6.45, 7) is 3.89. The normalized spacial score (nSPS) is 26.0. The van der Waals surface area contributed by atoms with Crippen molar-refractivity contribution in [2.75, 3.05) is 0 Å². The minimum atomic E-state index is -0.556. The lowest BCUT2D eigenvalue weighted by atomic mass is 9.76. The molecule has 0 radical (unpaired) electrons. The van der Waals surface area contributed by atoms with Crippen LogP contribution in [-0.4, -0.2) is 10.1 Å². The highest BCUT2D eigenvalue weighted by Gasteiger charge is 2.37. The van der Waals surface area contributed by atoms with Gasteiger partial charge in [0.1, 0.15) is 5.82 Å². The van der Waals surface area contributed by atoms with Crippen molar-refractivity contribution in [2.24, 2.45) is 11.7 Å². The largest absolute Gasteiger partial charge is 0.334 e. The molecule has 0 amide bonds. The third-order valence-corrected chi connectivity index (χ3v) is 4.33. The molecule has 2 aromatic rings. The molecule has 1 fully saturated rings. The van der Waals surface area contributed by atoms with Gasteiger partial charge >= 0.3 is 0 Å². The number of hydrogen-bond acceptors (Lipinski definition) is 4. The predicted octanol–water partition coefficient (Wildman–Crippen LogP) is 3.55. The summed E-state index contributed by atoms with van der Waals surface area (Å²) in [6.07, 6.45) is 3.91. The van der Waals surface area contributed by atoms with Gasteiger partial charge in [-0.3, -0.25) is 0 Å². The molecule has 2 N–H and O–H groups in total. The van der Waals surface area contributed by atoms with Gasteiger partial charge in [-0.2, -0.15) is 4.98 Å². The van der Waals surface area contributed by atoms with Gasteiger partial charge in [0.25, 0.3) is 5.89 Å². The third kappa shape index (κ3) is 2.58. The minimum absolute atomic E-state index is 0.203. The van der Waals surface area contributed by atoms with E-state index in [4.69, 9.17) is 10.3 Å². The molecule has 21 heavy (non-hydrogen) atoms. The summed E-state index contributed by atoms with van der Waals surface area (Å²) in [6, 6.07) is 5.13. The van der Waals surface area contributed by atoms with Crippen LogP contribution in [0, 0.1) is 18.7 Å². The zero-order chi connectivity index (χ0) is 15.0. The molecule has 3 rings (SSSR count). The molecule has 2 unspecified atom stereocenters. The first-order chi connectivity index (χ1) is 9.99. The Morgan fingerprint density at radius 3 is 3.00 bits per heavy atom. The molecule has 0 saturated heterocycles. The van der Waals surface area contributed by atoms with Gasteiger partial charge in [-0.15, -0.1) is 0 Å². The molecule has 4 nitrogen and oxygen atoms in total. The third-order valence-electron chi connectivity index (χ3n) is 4.33. The van der Waals surface area contributed by atoms with Crippen molar-refractivity contribution in [2.45, 2.75) is 45.1 Å². The van der Waals surface area contributed by atoms with Crippen molar-refractivity contribution in [3.8, 4) is 11.5 Å². The van der Waals surface area contributed by atoms with E-state index in [1.54, 1.807) is 25.1 Å². The van der Waals surface area contributed by atoms with Gasteiger partial charge in [0.05, 0.1) is 11.1 Å². The van der Waals surface area contributed by atoms with E-state index in [2.05, 4.69) is 17.1 Å². The summed E-state index contributed by atoms with van der Waals surface area (Å²) in [5.74, 6) is 0.913. The smallest absolute Gasteiger partial charge is 0.260 e. The summed E-state index contributed by atoms with van der Waals surface area (Å²) in [4.78, 5) is 4.37. The number of hydrogen-bond donors (Lipinski definition) is 1. The first kappa shape index (κ1) is 14.2. The molecule has 5 heteroatoms. The maximum atomic E-state index is 14.1. The van der Waals surface area contributed by atoms with E-state index in [9.17, 15) is 4.39 Å². The van der Waals surface area contributed by atoms with Crippen molar-refractivity contribution in [3.05, 3.63) is 35.4 Å². The van der Waals surface area contributed by atoms with Crippen LogP contribution in [0.25, 0.3) is 11.5 Å². The molecule has 1 heterocycles. The molecule has 1 aliphatic rings. The van der Waals surface area contributed by atoms with E-state index in [-0.39, 0.29) is 11.7 Å². The molecule has 1 aromatic carbocycles. The maximum Gasteiger partial charge on any atom is 0.260 e. The van der Waals surface area contributed by atoms with Crippen molar-refractivity contribution in [1.82, 2.24) is 10.1 Å². The molecule has 0 spiro atoms. The molecular formula is C16H20FN3O. The Labute approximate surface area is 123 Å². The van der Waals surface area contributed by atoms with Gasteiger partial charge in [-0.1, -0.05) is 37.1 Å². The average molecular weight is 289 g/mol. The Hall–Kier alpha value is -1.75. The average Bonchev–Trinajstić information content (AvgIpc) is 2.92. The Kier molecular flexibility index (Phi) is 3.53. The van der Waals surface area contributed by atoms with E-state index in [0.29, 0.717) is 22.9 Å². The fourth-order valence-electron chi connectivity index (χ4n) is 3.14. The molecule has 0 bridgehead atoms. The highest BCUT2D eigenvalue weighted by atomic mass is 19.1. The van der Waals surface area contributed by atoms with E-state index in [0.717, 1.165) is 19.3 Å². The zero-order valence-electron chi connectivity index (χ0n) is 12.4.